The zero-order valence-corrected chi connectivity index (χ0v) is 23.1. The number of nitrogens with one attached hydrogen (secondary N) is 1. The van der Waals surface area contributed by atoms with E-state index in [1.165, 1.54) is 11.1 Å². The van der Waals surface area contributed by atoms with Gasteiger partial charge in [-0.3, -0.25) is 24.7 Å². The maximum Gasteiger partial charge on any atom is 0.244 e. The molecule has 2 saturated heterocycles. The number of amides is 2. The lowest BCUT2D eigenvalue weighted by Crippen LogP contribution is -2.51. The molecule has 8 heteroatoms. The van der Waals surface area contributed by atoms with Crippen molar-refractivity contribution in [1.82, 2.24) is 15.1 Å². The van der Waals surface area contributed by atoms with Crippen LogP contribution in [0.5, 0.6) is 5.75 Å². The summed E-state index contributed by atoms with van der Waals surface area (Å²) in [6.07, 6.45) is 2.05. The third-order valence-electron chi connectivity index (χ3n) is 8.43. The normalized spacial score (nSPS) is 22.2. The molecule has 0 aromatic heterocycles. The first-order chi connectivity index (χ1) is 19.4. The van der Waals surface area contributed by atoms with Crippen LogP contribution in [0.3, 0.4) is 0 Å². The predicted octanol–water partition coefficient (Wildman–Crippen LogP) is 4.91. The van der Waals surface area contributed by atoms with Crippen molar-refractivity contribution >= 4 is 23.4 Å². The van der Waals surface area contributed by atoms with Gasteiger partial charge in [0.1, 0.15) is 18.6 Å². The zero-order valence-electron chi connectivity index (χ0n) is 22.4. The number of likely N-dealkylation sites (tertiary alicyclic amines) is 1. The molecule has 2 unspecified atom stereocenters. The van der Waals surface area contributed by atoms with Crippen molar-refractivity contribution in [3.63, 3.8) is 0 Å². The second-order valence-corrected chi connectivity index (χ2v) is 11.5. The van der Waals surface area contributed by atoms with Crippen LogP contribution in [-0.4, -0.2) is 45.9 Å². The Morgan fingerprint density at radius 2 is 1.70 bits per heavy atom. The molecule has 2 fully saturated rings. The summed E-state index contributed by atoms with van der Waals surface area (Å²) in [6.45, 7) is 3.85. The highest BCUT2D eigenvalue weighted by molar-refractivity contribution is 6.30. The predicted molar refractivity (Wildman–Crippen MR) is 153 cm³/mol. The Hall–Kier alpha value is -3.23. The largest absolute Gasteiger partial charge is 0.489 e. The van der Waals surface area contributed by atoms with Crippen molar-refractivity contribution in [2.24, 2.45) is 0 Å². The van der Waals surface area contributed by atoms with Gasteiger partial charge in [-0.25, -0.2) is 0 Å². The molecule has 40 heavy (non-hydrogen) atoms. The van der Waals surface area contributed by atoms with Crippen LogP contribution >= 0.6 is 11.6 Å². The molecule has 2 amide bonds. The smallest absolute Gasteiger partial charge is 0.244 e. The number of rotatable bonds is 7. The first kappa shape index (κ1) is 27.0. The number of imide groups is 1. The van der Waals surface area contributed by atoms with Gasteiger partial charge in [0.15, 0.2) is 0 Å². The van der Waals surface area contributed by atoms with E-state index in [4.69, 9.17) is 16.3 Å². The van der Waals surface area contributed by atoms with Crippen molar-refractivity contribution in [2.45, 2.75) is 63.6 Å². The zero-order chi connectivity index (χ0) is 27.6. The maximum absolute atomic E-state index is 12.4. The van der Waals surface area contributed by atoms with Gasteiger partial charge in [-0.1, -0.05) is 60.1 Å². The summed E-state index contributed by atoms with van der Waals surface area (Å²) in [7, 11) is 0. The van der Waals surface area contributed by atoms with Gasteiger partial charge in [-0.05, 0) is 73.2 Å². The minimum Gasteiger partial charge on any atom is -0.489 e. The van der Waals surface area contributed by atoms with Crippen molar-refractivity contribution in [2.75, 3.05) is 13.1 Å². The number of benzene rings is 3. The number of fused-ring (bicyclic) bond motifs is 1. The Bertz CT molecular complexity index is 1390. The molecule has 3 aromatic rings. The van der Waals surface area contributed by atoms with Crippen molar-refractivity contribution in [3.05, 3.63) is 99.6 Å². The van der Waals surface area contributed by atoms with E-state index in [-0.39, 0.29) is 18.2 Å². The van der Waals surface area contributed by atoms with E-state index in [9.17, 15) is 14.7 Å². The fourth-order valence-electron chi connectivity index (χ4n) is 6.25. The molecule has 0 saturated carbocycles. The van der Waals surface area contributed by atoms with Crippen LogP contribution in [-0.2, 0) is 29.3 Å². The quantitative estimate of drug-likeness (QED) is 0.400. The fraction of sp³-hybridized carbons (Fsp3) is 0.375. The van der Waals surface area contributed by atoms with Crippen LogP contribution in [0.4, 0.5) is 0 Å². The lowest BCUT2D eigenvalue weighted by Gasteiger charge is -2.32. The van der Waals surface area contributed by atoms with Gasteiger partial charge in [0, 0.05) is 35.7 Å². The van der Waals surface area contributed by atoms with E-state index >= 15 is 0 Å². The molecule has 3 aliphatic heterocycles. The summed E-state index contributed by atoms with van der Waals surface area (Å²) in [5.74, 6) is 0.684. The standard InChI is InChI=1S/C32H34ClN3O4/c33-25-9-7-23(8-10-25)24-13-15-35(16-14-24)18-21-3-1-4-22(17-21)20-40-29-6-2-5-26-27(29)19-36(32(26)39)28-11-12-30(37)34-31(28)38/h1-10,17,24,28,32,39H,11-16,18-20H2,(H,34,37,38). The molecular weight excluding hydrogens is 526 g/mol. The molecule has 3 heterocycles. The second-order valence-electron chi connectivity index (χ2n) is 11.0. The second kappa shape index (κ2) is 11.7. The van der Waals surface area contributed by atoms with Crippen LogP contribution in [0.2, 0.25) is 5.02 Å². The van der Waals surface area contributed by atoms with Crippen LogP contribution in [0.25, 0.3) is 0 Å². The lowest BCUT2D eigenvalue weighted by molar-refractivity contribution is -0.141. The van der Waals surface area contributed by atoms with Crippen molar-refractivity contribution in [1.29, 1.82) is 0 Å². The third-order valence-corrected chi connectivity index (χ3v) is 8.69. The van der Waals surface area contributed by atoms with Gasteiger partial charge < -0.3 is 9.84 Å². The van der Waals surface area contributed by atoms with Crippen molar-refractivity contribution in [3.8, 4) is 5.75 Å². The fourth-order valence-corrected chi connectivity index (χ4v) is 6.38. The number of aliphatic hydroxyl groups is 1. The molecule has 3 aliphatic rings. The monoisotopic (exact) mass is 559 g/mol. The highest BCUT2D eigenvalue weighted by Gasteiger charge is 2.40. The Kier molecular flexibility index (Phi) is 7.89. The summed E-state index contributed by atoms with van der Waals surface area (Å²) < 4.78 is 6.26. The molecule has 3 aromatic carbocycles. The third kappa shape index (κ3) is 5.79. The van der Waals surface area contributed by atoms with Gasteiger partial charge in [-0.15, -0.1) is 0 Å². The Morgan fingerprint density at radius 1 is 0.950 bits per heavy atom. The molecule has 0 radical (unpaired) electrons. The number of aliphatic hydroxyl groups excluding tert-OH is 1. The molecule has 2 atom stereocenters. The molecule has 0 aliphatic carbocycles. The number of nitrogens with zero attached hydrogens (tertiary/aromatic N) is 2. The SMILES string of the molecule is O=C1CCC(N2Cc3c(OCc4cccc(CN5CCC(c6ccc(Cl)cc6)CC5)c4)cccc3C2O)C(=O)N1. The summed E-state index contributed by atoms with van der Waals surface area (Å²) >= 11 is 6.06. The molecule has 7 nitrogen and oxygen atoms in total. The lowest BCUT2D eigenvalue weighted by atomic mass is 9.89. The van der Waals surface area contributed by atoms with Crippen LogP contribution in [0, 0.1) is 0 Å². The van der Waals surface area contributed by atoms with Crippen LogP contribution < -0.4 is 10.1 Å². The number of carbonyl (C=O) groups excluding carboxylic acids is 2. The number of piperidine rings is 2. The van der Waals surface area contributed by atoms with Crippen LogP contribution in [0.1, 0.15) is 65.6 Å². The summed E-state index contributed by atoms with van der Waals surface area (Å²) in [4.78, 5) is 28.3. The van der Waals surface area contributed by atoms with E-state index in [2.05, 4.69) is 46.6 Å². The van der Waals surface area contributed by atoms with Gasteiger partial charge in [0.2, 0.25) is 11.8 Å². The Balaban J connectivity index is 1.06. The topological polar surface area (TPSA) is 82.1 Å². The molecule has 2 N–H and O–H groups in total. The average molecular weight is 560 g/mol. The van der Waals surface area contributed by atoms with Gasteiger partial charge in [0.05, 0.1) is 6.04 Å². The molecular formula is C32H34ClN3O4. The average Bonchev–Trinajstić information content (AvgIpc) is 3.29. The first-order valence-electron chi connectivity index (χ1n) is 14.0. The van der Waals surface area contributed by atoms with Crippen LogP contribution in [0.15, 0.2) is 66.7 Å². The number of halogens is 1. The number of hydrogen-bond donors (Lipinski definition) is 2. The van der Waals surface area contributed by atoms with E-state index in [0.29, 0.717) is 31.2 Å². The molecule has 6 rings (SSSR count). The number of hydrogen-bond acceptors (Lipinski definition) is 6. The minimum atomic E-state index is -0.908. The molecule has 0 bridgehead atoms. The Labute approximate surface area is 239 Å². The van der Waals surface area contributed by atoms with Gasteiger partial charge in [-0.2, -0.15) is 0 Å². The van der Waals surface area contributed by atoms with Gasteiger partial charge >= 0.3 is 0 Å². The summed E-state index contributed by atoms with van der Waals surface area (Å²) in [6, 6.07) is 21.9. The minimum absolute atomic E-state index is 0.263. The first-order valence-corrected chi connectivity index (χ1v) is 14.4. The van der Waals surface area contributed by atoms with E-state index in [1.54, 1.807) is 4.90 Å². The molecule has 208 valence electrons. The highest BCUT2D eigenvalue weighted by atomic mass is 35.5. The number of carbonyl (C=O) groups is 2. The van der Waals surface area contributed by atoms with E-state index in [1.807, 2.05) is 30.3 Å². The van der Waals surface area contributed by atoms with Crippen molar-refractivity contribution < 1.29 is 19.4 Å². The van der Waals surface area contributed by atoms with E-state index in [0.717, 1.165) is 54.2 Å². The summed E-state index contributed by atoms with van der Waals surface area (Å²) in [5, 5.41) is 14.1. The molecule has 0 spiro atoms. The summed E-state index contributed by atoms with van der Waals surface area (Å²) in [5.41, 5.74) is 5.37. The Morgan fingerprint density at radius 3 is 2.48 bits per heavy atom. The highest BCUT2D eigenvalue weighted by Crippen LogP contribution is 2.40. The van der Waals surface area contributed by atoms with E-state index < -0.39 is 12.3 Å². The maximum atomic E-state index is 12.4. The van der Waals surface area contributed by atoms with Gasteiger partial charge in [0.25, 0.3) is 0 Å². The number of ether oxygens (including phenoxy) is 1.